The Balaban J connectivity index is 0.000000159. The van der Waals surface area contributed by atoms with Crippen LogP contribution in [0.4, 0.5) is 0 Å². The third kappa shape index (κ3) is 16.6. The average molecular weight is 1020 g/mol. The molecule has 0 N–H and O–H groups in total. The van der Waals surface area contributed by atoms with Crippen molar-refractivity contribution in [2.45, 2.75) is 0 Å². The van der Waals surface area contributed by atoms with Gasteiger partial charge in [0.1, 0.15) is 11.4 Å². The average Bonchev–Trinajstić information content (AvgIpc) is 3.44. The maximum absolute atomic E-state index is 4.36. The Morgan fingerprint density at radius 3 is 0.397 bits per heavy atom. The number of nitrogens with zero attached hydrogens (tertiary/aromatic N) is 12. The van der Waals surface area contributed by atoms with Crippen molar-refractivity contribution >= 4 is 0 Å². The van der Waals surface area contributed by atoms with Gasteiger partial charge in [-0.15, -0.1) is 0 Å². The Morgan fingerprint density at radius 2 is 0.294 bits per heavy atom. The van der Waals surface area contributed by atoms with Crippen molar-refractivity contribution in [3.8, 4) is 68.3 Å². The van der Waals surface area contributed by atoms with Gasteiger partial charge in [-0.2, -0.15) is 0 Å². The first-order valence-corrected chi connectivity index (χ1v) is 20.7. The fourth-order valence-electron chi connectivity index (χ4n) is 5.74. The number of aromatic nitrogens is 12. The summed E-state index contributed by atoms with van der Waals surface area (Å²) in [6.07, 6.45) is 21.1. The third-order valence-corrected chi connectivity index (χ3v) is 8.88. The zero-order valence-electron chi connectivity index (χ0n) is 36.3. The summed E-state index contributed by atoms with van der Waals surface area (Å²) in [4.78, 5) is 50.7. The molecule has 0 amide bonds. The number of rotatable bonds is 6. The maximum atomic E-state index is 4.36. The molecule has 11 rings (SSSR count). The zero-order chi connectivity index (χ0) is 45.1. The van der Waals surface area contributed by atoms with E-state index >= 15 is 0 Å². The molecule has 0 fully saturated rings. The van der Waals surface area contributed by atoms with Crippen LogP contribution < -0.4 is 0 Å². The van der Waals surface area contributed by atoms with Crippen LogP contribution in [0.3, 0.4) is 0 Å². The summed E-state index contributed by atoms with van der Waals surface area (Å²) in [5, 5.41) is 0. The summed E-state index contributed by atoms with van der Waals surface area (Å²) in [6.45, 7) is 0. The van der Waals surface area contributed by atoms with Gasteiger partial charge in [0, 0.05) is 98.5 Å². The third-order valence-electron chi connectivity index (χ3n) is 8.88. The van der Waals surface area contributed by atoms with Gasteiger partial charge in [-0.1, -0.05) is 60.7 Å². The predicted octanol–water partition coefficient (Wildman–Crippen LogP) is 11.2. The molecule has 0 aromatic carbocycles. The second-order valence-electron chi connectivity index (χ2n) is 13.4. The largest absolute Gasteiger partial charge is 0.255 e. The zero-order valence-corrected chi connectivity index (χ0v) is 39.2. The monoisotopic (exact) mass is 1020 g/mol. The number of hydrogen-bond acceptors (Lipinski definition) is 12. The van der Waals surface area contributed by atoms with E-state index in [9.17, 15) is 0 Å². The first-order chi connectivity index (χ1) is 32.8. The van der Waals surface area contributed by atoms with Gasteiger partial charge < -0.3 is 0 Å². The van der Waals surface area contributed by atoms with E-state index in [0.29, 0.717) is 0 Å². The van der Waals surface area contributed by atoms with E-state index in [0.717, 1.165) is 68.3 Å². The van der Waals surface area contributed by atoms with Gasteiger partial charge in [0.25, 0.3) is 0 Å². The van der Waals surface area contributed by atoms with E-state index < -0.39 is 0 Å². The summed E-state index contributed by atoms with van der Waals surface area (Å²) in [5.74, 6) is 0. The Hall–Kier alpha value is -8.28. The smallest absolute Gasteiger partial charge is 0.107 e. The number of pyridine rings is 10. The molecule has 0 atom stereocenters. The second kappa shape index (κ2) is 29.3. The molecule has 0 saturated heterocycles. The normalized spacial score (nSPS) is 9.53. The predicted molar refractivity (Wildman–Crippen MR) is 258 cm³/mol. The minimum Gasteiger partial charge on any atom is -0.255 e. The van der Waals surface area contributed by atoms with Crippen LogP contribution >= 0.6 is 0 Å². The van der Waals surface area contributed by atoms with Crippen molar-refractivity contribution in [1.82, 2.24) is 59.8 Å². The molecular formula is C54H42FeN12Ru. The maximum Gasteiger partial charge on any atom is 0.107 e. The first kappa shape index (κ1) is 50.7. The topological polar surface area (TPSA) is 155 Å². The Bertz CT molecular complexity index is 2460. The molecule has 0 aliphatic heterocycles. The molecule has 0 saturated carbocycles. The Labute approximate surface area is 418 Å². The Kier molecular flexibility index (Phi) is 21.9. The second-order valence-corrected chi connectivity index (χ2v) is 13.4. The van der Waals surface area contributed by atoms with Crippen molar-refractivity contribution in [2.75, 3.05) is 0 Å². The molecule has 0 spiro atoms. The van der Waals surface area contributed by atoms with E-state index in [1.807, 2.05) is 182 Å². The van der Waals surface area contributed by atoms with Crippen molar-refractivity contribution in [3.63, 3.8) is 0 Å². The van der Waals surface area contributed by atoms with Gasteiger partial charge in [-0.05, 0) is 121 Å². The van der Waals surface area contributed by atoms with Crippen molar-refractivity contribution in [3.05, 3.63) is 256 Å². The van der Waals surface area contributed by atoms with E-state index in [1.54, 1.807) is 74.4 Å². The number of hydrogen-bond donors (Lipinski definition) is 0. The van der Waals surface area contributed by atoms with Crippen LogP contribution in [0.1, 0.15) is 0 Å². The van der Waals surface area contributed by atoms with Crippen molar-refractivity contribution < 1.29 is 36.5 Å². The van der Waals surface area contributed by atoms with Crippen LogP contribution in [-0.4, -0.2) is 59.8 Å². The van der Waals surface area contributed by atoms with Gasteiger partial charge in [0.2, 0.25) is 0 Å². The van der Waals surface area contributed by atoms with Crippen LogP contribution in [0, 0.1) is 0 Å². The molecule has 334 valence electrons. The molecule has 14 heteroatoms. The summed E-state index contributed by atoms with van der Waals surface area (Å²) < 4.78 is 0. The molecule has 68 heavy (non-hydrogen) atoms. The van der Waals surface area contributed by atoms with Crippen LogP contribution in [-0.2, 0) is 36.5 Å². The van der Waals surface area contributed by atoms with E-state index in [4.69, 9.17) is 0 Å². The minimum atomic E-state index is 0. The van der Waals surface area contributed by atoms with E-state index in [-0.39, 0.29) is 36.5 Å². The SMILES string of the molecule is [Fe].[Ru].c1ccc(-c2ccccn2)nc1.c1ccc(-c2ccccn2)nc1.c1ccc(-c2ccccn2)nc1.c1ccc(-c2ccccn2)nc1.c1ccc(-c2cnc(-c3ccccn3)cn2)nc1. The van der Waals surface area contributed by atoms with Gasteiger partial charge in [-0.25, -0.2) is 0 Å². The quantitative estimate of drug-likeness (QED) is 0.146. The fourth-order valence-corrected chi connectivity index (χ4v) is 5.74. The molecule has 0 aliphatic rings. The molecular weight excluding hydrogens is 974 g/mol. The standard InChI is InChI=1S/C14H10N4.4C10H8N2.Fe.Ru/c1-3-7-15-11(5-1)13-9-18-14(10-17-13)12-6-2-4-8-16-12;4*1-3-7-11-9(5-1)10-6-2-4-8-12-10;;/h1-10H;4*1-8H;;. The van der Waals surface area contributed by atoms with Crippen LogP contribution in [0.5, 0.6) is 0 Å². The van der Waals surface area contributed by atoms with Crippen LogP contribution in [0.2, 0.25) is 0 Å². The summed E-state index contributed by atoms with van der Waals surface area (Å²) in [5.41, 5.74) is 10.5. The van der Waals surface area contributed by atoms with Gasteiger partial charge in [-0.3, -0.25) is 59.8 Å². The van der Waals surface area contributed by atoms with Crippen molar-refractivity contribution in [2.24, 2.45) is 0 Å². The van der Waals surface area contributed by atoms with Crippen LogP contribution in [0.25, 0.3) is 68.3 Å². The molecule has 11 aromatic heterocycles. The fraction of sp³-hybridized carbons (Fsp3) is 0. The molecule has 11 aromatic rings. The van der Waals surface area contributed by atoms with Crippen LogP contribution in [0.15, 0.2) is 256 Å². The summed E-state index contributed by atoms with van der Waals surface area (Å²) in [7, 11) is 0. The van der Waals surface area contributed by atoms with E-state index in [1.165, 1.54) is 0 Å². The molecule has 0 bridgehead atoms. The molecule has 12 nitrogen and oxygen atoms in total. The molecule has 11 heterocycles. The van der Waals surface area contributed by atoms with Crippen molar-refractivity contribution in [1.29, 1.82) is 0 Å². The first-order valence-electron chi connectivity index (χ1n) is 20.7. The minimum absolute atomic E-state index is 0. The van der Waals surface area contributed by atoms with Gasteiger partial charge >= 0.3 is 0 Å². The molecule has 0 radical (unpaired) electrons. The van der Waals surface area contributed by atoms with E-state index in [2.05, 4.69) is 59.8 Å². The summed E-state index contributed by atoms with van der Waals surface area (Å²) >= 11 is 0. The summed E-state index contributed by atoms with van der Waals surface area (Å²) in [6, 6.07) is 57.8. The molecule has 0 aliphatic carbocycles. The molecule has 0 unspecified atom stereocenters. The Morgan fingerprint density at radius 1 is 0.162 bits per heavy atom. The van der Waals surface area contributed by atoms with Gasteiger partial charge in [0.05, 0.1) is 69.3 Å². The van der Waals surface area contributed by atoms with Gasteiger partial charge in [0.15, 0.2) is 0 Å².